The van der Waals surface area contributed by atoms with E-state index in [-0.39, 0.29) is 38.1 Å². The van der Waals surface area contributed by atoms with Crippen LogP contribution in [0.25, 0.3) is 44.0 Å². The average molecular weight is 621 g/mol. The van der Waals surface area contributed by atoms with Gasteiger partial charge in [0.15, 0.2) is 0 Å². The highest BCUT2D eigenvalue weighted by molar-refractivity contribution is 7.99. The lowest BCUT2D eigenvalue weighted by atomic mass is 9.89. The normalized spacial score (nSPS) is 13.0. The maximum Gasteiger partial charge on any atom is 0.430 e. The molecule has 0 fully saturated rings. The van der Waals surface area contributed by atoms with Crippen LogP contribution in [0.4, 0.5) is 30.7 Å². The summed E-state index contributed by atoms with van der Waals surface area (Å²) in [4.78, 5) is 9.00. The van der Waals surface area contributed by atoms with Gasteiger partial charge in [-0.25, -0.2) is 9.37 Å². The molecule has 6 rings (SSSR count). The molecule has 1 aromatic heterocycles. The van der Waals surface area contributed by atoms with Crippen molar-refractivity contribution in [2.24, 2.45) is 0 Å². The van der Waals surface area contributed by atoms with E-state index in [0.29, 0.717) is 27.9 Å². The summed E-state index contributed by atoms with van der Waals surface area (Å²) in [5.41, 5.74) is -6.02. The maximum atomic E-state index is 14.8. The third-order valence-corrected chi connectivity index (χ3v) is 8.26. The molecule has 0 atom stereocenters. The number of aromatic nitrogens is 2. The van der Waals surface area contributed by atoms with Crippen molar-refractivity contribution >= 4 is 55.9 Å². The molecule has 214 valence electrons. The Morgan fingerprint density at radius 1 is 0.714 bits per heavy atom. The third kappa shape index (κ3) is 4.47. The van der Waals surface area contributed by atoms with Crippen LogP contribution >= 0.6 is 23.4 Å². The van der Waals surface area contributed by atoms with Crippen LogP contribution in [0.15, 0.2) is 94.7 Å². The monoisotopic (exact) mass is 620 g/mol. The molecular weight excluding hydrogens is 605 g/mol. The van der Waals surface area contributed by atoms with Gasteiger partial charge in [0.05, 0.1) is 21.6 Å². The van der Waals surface area contributed by atoms with Gasteiger partial charge in [-0.3, -0.25) is 0 Å². The van der Waals surface area contributed by atoms with Crippen LogP contribution in [0.5, 0.6) is 0 Å². The van der Waals surface area contributed by atoms with Crippen LogP contribution < -0.4 is 0 Å². The van der Waals surface area contributed by atoms with Crippen molar-refractivity contribution in [3.8, 4) is 11.4 Å². The number of benzene rings is 5. The number of rotatable bonds is 4. The molecule has 0 aliphatic carbocycles. The molecule has 0 unspecified atom stereocenters. The summed E-state index contributed by atoms with van der Waals surface area (Å²) in [6.45, 7) is 0. The topological polar surface area (TPSA) is 48.9 Å². The summed E-state index contributed by atoms with van der Waals surface area (Å²) in [5.74, 6) is -0.657. The molecule has 0 aliphatic rings. The standard InChI is InChI=1S/C30H16ClF7N2OS/c31-22-7-4-8-23(32)24(22)27-39-25-18-11-9-15(28(41,29(33,34)35)30(36,37)38)13-20(18)21-14-17(10-12-19(21)26(25)40-27)42-16-5-2-1-3-6-16/h1-14,41H,(H,39,40). The first-order valence-corrected chi connectivity index (χ1v) is 13.4. The summed E-state index contributed by atoms with van der Waals surface area (Å²) in [5, 5.41) is 11.0. The van der Waals surface area contributed by atoms with Crippen LogP contribution in [0, 0.1) is 5.82 Å². The first kappa shape index (κ1) is 28.3. The van der Waals surface area contributed by atoms with Crippen LogP contribution in [0.1, 0.15) is 5.56 Å². The summed E-state index contributed by atoms with van der Waals surface area (Å²) in [6.07, 6.45) is -12.1. The number of fused-ring (bicyclic) bond motifs is 6. The molecule has 0 aliphatic heterocycles. The van der Waals surface area contributed by atoms with E-state index in [1.54, 1.807) is 18.2 Å². The Hall–Kier alpha value is -3.80. The zero-order chi connectivity index (χ0) is 30.0. The van der Waals surface area contributed by atoms with Crippen molar-refractivity contribution in [1.29, 1.82) is 0 Å². The molecule has 5 aromatic carbocycles. The Balaban J connectivity index is 1.69. The highest BCUT2D eigenvalue weighted by Crippen LogP contribution is 2.51. The Kier molecular flexibility index (Phi) is 6.67. The summed E-state index contributed by atoms with van der Waals surface area (Å²) < 4.78 is 97.5. The number of alkyl halides is 6. The second kappa shape index (κ2) is 9.89. The number of hydrogen-bond acceptors (Lipinski definition) is 3. The number of nitrogens with one attached hydrogen (secondary N) is 1. The molecule has 0 spiro atoms. The quantitative estimate of drug-likeness (QED) is 0.152. The fourth-order valence-corrected chi connectivity index (χ4v) is 6.08. The molecule has 3 nitrogen and oxygen atoms in total. The molecule has 0 radical (unpaired) electrons. The predicted octanol–water partition coefficient (Wildman–Crippen LogP) is 9.79. The van der Waals surface area contributed by atoms with E-state index >= 15 is 0 Å². The smallest absolute Gasteiger partial charge is 0.369 e. The molecule has 0 amide bonds. The molecule has 0 bridgehead atoms. The molecule has 12 heteroatoms. The lowest BCUT2D eigenvalue weighted by Gasteiger charge is -2.32. The van der Waals surface area contributed by atoms with E-state index in [1.165, 1.54) is 30.0 Å². The molecule has 0 saturated carbocycles. The van der Waals surface area contributed by atoms with Gasteiger partial charge >= 0.3 is 12.4 Å². The Morgan fingerprint density at radius 3 is 2.05 bits per heavy atom. The Morgan fingerprint density at radius 2 is 1.38 bits per heavy atom. The SMILES string of the molecule is OC(c1ccc2c(c1)c1cc(Sc3ccccc3)ccc1c1nc(-c3c(F)cccc3Cl)[nH]c21)(C(F)(F)F)C(F)(F)F. The molecule has 0 saturated heterocycles. The van der Waals surface area contributed by atoms with Crippen LogP contribution in [-0.4, -0.2) is 27.4 Å². The van der Waals surface area contributed by atoms with Gasteiger partial charge in [0, 0.05) is 26.1 Å². The minimum Gasteiger partial charge on any atom is -0.369 e. The van der Waals surface area contributed by atoms with Gasteiger partial charge in [-0.05, 0) is 53.2 Å². The zero-order valence-corrected chi connectivity index (χ0v) is 22.5. The first-order chi connectivity index (χ1) is 19.8. The van der Waals surface area contributed by atoms with Crippen molar-refractivity contribution in [3.63, 3.8) is 0 Å². The second-order valence-corrected chi connectivity index (χ2v) is 11.0. The zero-order valence-electron chi connectivity index (χ0n) is 20.9. The van der Waals surface area contributed by atoms with Crippen molar-refractivity contribution in [2.45, 2.75) is 27.7 Å². The highest BCUT2D eigenvalue weighted by Gasteiger charge is 2.71. The maximum absolute atomic E-state index is 14.8. The Bertz CT molecular complexity index is 1950. The average Bonchev–Trinajstić information content (AvgIpc) is 3.37. The number of imidazole rings is 1. The van der Waals surface area contributed by atoms with Gasteiger partial charge in [0.25, 0.3) is 5.60 Å². The lowest BCUT2D eigenvalue weighted by molar-refractivity contribution is -0.376. The lowest BCUT2D eigenvalue weighted by Crippen LogP contribution is -2.53. The van der Waals surface area contributed by atoms with Crippen molar-refractivity contribution < 1.29 is 35.8 Å². The van der Waals surface area contributed by atoms with Gasteiger partial charge in [-0.15, -0.1) is 0 Å². The van der Waals surface area contributed by atoms with Crippen LogP contribution in [0.3, 0.4) is 0 Å². The van der Waals surface area contributed by atoms with Crippen molar-refractivity contribution in [2.75, 3.05) is 0 Å². The predicted molar refractivity (Wildman–Crippen MR) is 148 cm³/mol. The molecular formula is C30H16ClF7N2OS. The summed E-state index contributed by atoms with van der Waals surface area (Å²) >= 11 is 7.57. The first-order valence-electron chi connectivity index (χ1n) is 12.2. The number of aromatic amines is 1. The third-order valence-electron chi connectivity index (χ3n) is 6.95. The number of nitrogens with zero attached hydrogens (tertiary/aromatic N) is 1. The number of hydrogen-bond donors (Lipinski definition) is 2. The van der Waals surface area contributed by atoms with Gasteiger partial charge in [0.1, 0.15) is 11.6 Å². The molecule has 42 heavy (non-hydrogen) atoms. The van der Waals surface area contributed by atoms with E-state index in [9.17, 15) is 35.8 Å². The molecule has 2 N–H and O–H groups in total. The fraction of sp³-hybridized carbons (Fsp3) is 0.100. The van der Waals surface area contributed by atoms with Gasteiger partial charge in [-0.2, -0.15) is 26.3 Å². The van der Waals surface area contributed by atoms with Crippen LogP contribution in [0.2, 0.25) is 5.02 Å². The van der Waals surface area contributed by atoms with Gasteiger partial charge < -0.3 is 10.1 Å². The van der Waals surface area contributed by atoms with E-state index in [1.807, 2.05) is 30.3 Å². The minimum absolute atomic E-state index is 0.00716. The van der Waals surface area contributed by atoms with Crippen molar-refractivity contribution in [3.05, 3.63) is 101 Å². The summed E-state index contributed by atoms with van der Waals surface area (Å²) in [7, 11) is 0. The van der Waals surface area contributed by atoms with Crippen molar-refractivity contribution in [1.82, 2.24) is 9.97 Å². The minimum atomic E-state index is -6.06. The van der Waals surface area contributed by atoms with E-state index in [4.69, 9.17) is 11.6 Å². The number of aliphatic hydroxyl groups is 1. The van der Waals surface area contributed by atoms with E-state index < -0.39 is 29.3 Å². The van der Waals surface area contributed by atoms with Gasteiger partial charge in [-0.1, -0.05) is 65.8 Å². The Labute approximate surface area is 241 Å². The summed E-state index contributed by atoms with van der Waals surface area (Å²) in [6, 6.07) is 20.5. The molecule has 1 heterocycles. The number of halogens is 8. The van der Waals surface area contributed by atoms with Gasteiger partial charge in [0.2, 0.25) is 0 Å². The van der Waals surface area contributed by atoms with Crippen LogP contribution in [-0.2, 0) is 5.60 Å². The number of H-pyrrole nitrogens is 1. The fourth-order valence-electron chi connectivity index (χ4n) is 4.94. The highest BCUT2D eigenvalue weighted by atomic mass is 35.5. The largest absolute Gasteiger partial charge is 0.430 e. The van der Waals surface area contributed by atoms with E-state index in [2.05, 4.69) is 9.97 Å². The van der Waals surface area contributed by atoms with E-state index in [0.717, 1.165) is 11.0 Å². The molecule has 6 aromatic rings. The second-order valence-electron chi connectivity index (χ2n) is 9.49.